The average molecular weight is 243 g/mol. The number of aliphatic carboxylic acids is 1. The second kappa shape index (κ2) is 4.29. The molecule has 1 aromatic carbocycles. The maximum Gasteiger partial charge on any atom is 0.307 e. The number of carboxylic acids is 1. The topological polar surface area (TPSA) is 69.6 Å². The maximum absolute atomic E-state index is 13.1. The van der Waals surface area contributed by atoms with Gasteiger partial charge in [0.05, 0.1) is 5.92 Å². The first-order valence-electron chi connectivity index (χ1n) is 5.13. The number of aromatic hydroxyl groups is 1. The van der Waals surface area contributed by atoms with Crippen molar-refractivity contribution in [2.75, 3.05) is 6.54 Å². The quantitative estimate of drug-likeness (QED) is 0.734. The molecule has 1 aliphatic heterocycles. The number of halogens is 2. The van der Waals surface area contributed by atoms with Crippen molar-refractivity contribution in [3.05, 3.63) is 29.3 Å². The first kappa shape index (κ1) is 11.8. The van der Waals surface area contributed by atoms with Gasteiger partial charge in [0, 0.05) is 18.2 Å². The van der Waals surface area contributed by atoms with Crippen molar-refractivity contribution >= 4 is 5.97 Å². The van der Waals surface area contributed by atoms with Gasteiger partial charge in [-0.3, -0.25) is 4.79 Å². The third-order valence-corrected chi connectivity index (χ3v) is 2.96. The van der Waals surface area contributed by atoms with Crippen LogP contribution in [-0.4, -0.2) is 22.7 Å². The number of phenolic OH excluding ortho intramolecular Hbond substituents is 1. The van der Waals surface area contributed by atoms with E-state index in [4.69, 9.17) is 5.11 Å². The summed E-state index contributed by atoms with van der Waals surface area (Å²) in [5.74, 6) is -4.70. The van der Waals surface area contributed by atoms with E-state index in [2.05, 4.69) is 5.32 Å². The van der Waals surface area contributed by atoms with Crippen molar-refractivity contribution in [2.45, 2.75) is 12.5 Å². The molecule has 0 amide bonds. The number of benzene rings is 1. The largest absolute Gasteiger partial charge is 0.505 e. The SMILES string of the molecule is O=C(O)C1CNC(c2ccc(F)c(F)c2O)C1. The highest BCUT2D eigenvalue weighted by molar-refractivity contribution is 5.70. The zero-order valence-electron chi connectivity index (χ0n) is 8.78. The van der Waals surface area contributed by atoms with Crippen LogP contribution in [-0.2, 0) is 4.79 Å². The van der Waals surface area contributed by atoms with Gasteiger partial charge in [0.15, 0.2) is 11.6 Å². The number of hydrogen-bond acceptors (Lipinski definition) is 3. The fraction of sp³-hybridized carbons (Fsp3) is 0.364. The zero-order chi connectivity index (χ0) is 12.6. The minimum Gasteiger partial charge on any atom is -0.505 e. The minimum atomic E-state index is -1.30. The lowest BCUT2D eigenvalue weighted by molar-refractivity contribution is -0.141. The Kier molecular flexibility index (Phi) is 2.97. The minimum absolute atomic E-state index is 0.188. The second-order valence-corrected chi connectivity index (χ2v) is 4.03. The van der Waals surface area contributed by atoms with Gasteiger partial charge in [-0.1, -0.05) is 6.07 Å². The number of hydrogen-bond donors (Lipinski definition) is 3. The van der Waals surface area contributed by atoms with Gasteiger partial charge in [-0.05, 0) is 12.5 Å². The molecule has 3 N–H and O–H groups in total. The summed E-state index contributed by atoms with van der Waals surface area (Å²) in [6, 6.07) is 1.71. The Morgan fingerprint density at radius 2 is 2.12 bits per heavy atom. The van der Waals surface area contributed by atoms with E-state index in [1.165, 1.54) is 6.07 Å². The van der Waals surface area contributed by atoms with Crippen LogP contribution in [0.2, 0.25) is 0 Å². The van der Waals surface area contributed by atoms with Crippen LogP contribution < -0.4 is 5.32 Å². The first-order valence-corrected chi connectivity index (χ1v) is 5.13. The lowest BCUT2D eigenvalue weighted by atomic mass is 9.99. The highest BCUT2D eigenvalue weighted by Crippen LogP contribution is 2.34. The fourth-order valence-corrected chi connectivity index (χ4v) is 2.00. The summed E-state index contributed by atoms with van der Waals surface area (Å²) in [6.45, 7) is 0.248. The third-order valence-electron chi connectivity index (χ3n) is 2.96. The van der Waals surface area contributed by atoms with Gasteiger partial charge in [-0.2, -0.15) is 4.39 Å². The van der Waals surface area contributed by atoms with E-state index in [0.29, 0.717) is 0 Å². The molecule has 0 bridgehead atoms. The van der Waals surface area contributed by atoms with Crippen LogP contribution >= 0.6 is 0 Å². The van der Waals surface area contributed by atoms with E-state index in [0.717, 1.165) is 6.07 Å². The molecule has 0 radical (unpaired) electrons. The van der Waals surface area contributed by atoms with Gasteiger partial charge < -0.3 is 15.5 Å². The van der Waals surface area contributed by atoms with Crippen molar-refractivity contribution in [3.8, 4) is 5.75 Å². The molecule has 4 nitrogen and oxygen atoms in total. The van der Waals surface area contributed by atoms with Crippen LogP contribution in [0.4, 0.5) is 8.78 Å². The lowest BCUT2D eigenvalue weighted by Crippen LogP contribution is -2.17. The second-order valence-electron chi connectivity index (χ2n) is 4.03. The monoisotopic (exact) mass is 243 g/mol. The van der Waals surface area contributed by atoms with Gasteiger partial charge in [0.1, 0.15) is 0 Å². The van der Waals surface area contributed by atoms with Gasteiger partial charge in [0.25, 0.3) is 0 Å². The molecule has 1 aliphatic rings. The van der Waals surface area contributed by atoms with Crippen LogP contribution in [0.15, 0.2) is 12.1 Å². The summed E-state index contributed by atoms with van der Waals surface area (Å²) in [6.07, 6.45) is 0.244. The molecule has 2 unspecified atom stereocenters. The normalized spacial score (nSPS) is 23.9. The molecule has 6 heteroatoms. The van der Waals surface area contributed by atoms with E-state index < -0.39 is 35.3 Å². The molecular weight excluding hydrogens is 232 g/mol. The Labute approximate surface area is 95.9 Å². The Morgan fingerprint density at radius 3 is 2.71 bits per heavy atom. The first-order chi connectivity index (χ1) is 8.00. The van der Waals surface area contributed by atoms with Crippen molar-refractivity contribution in [2.24, 2.45) is 5.92 Å². The molecule has 1 fully saturated rings. The Bertz CT molecular complexity index is 464. The molecule has 17 heavy (non-hydrogen) atoms. The number of nitrogens with one attached hydrogen (secondary N) is 1. The molecule has 1 saturated heterocycles. The van der Waals surface area contributed by atoms with Crippen molar-refractivity contribution in [1.29, 1.82) is 0 Å². The smallest absolute Gasteiger partial charge is 0.307 e. The van der Waals surface area contributed by atoms with Crippen LogP contribution in [0.3, 0.4) is 0 Å². The third kappa shape index (κ3) is 2.08. The molecule has 1 heterocycles. The molecule has 0 saturated carbocycles. The summed E-state index contributed by atoms with van der Waals surface area (Å²) >= 11 is 0. The van der Waals surface area contributed by atoms with Crippen LogP contribution in [0.5, 0.6) is 5.75 Å². The van der Waals surface area contributed by atoms with Crippen LogP contribution in [0.1, 0.15) is 18.0 Å². The summed E-state index contributed by atoms with van der Waals surface area (Å²) in [7, 11) is 0. The molecule has 0 aliphatic carbocycles. The number of carboxylic acid groups (broad SMARTS) is 1. The fourth-order valence-electron chi connectivity index (χ4n) is 2.00. The van der Waals surface area contributed by atoms with Crippen LogP contribution in [0, 0.1) is 17.6 Å². The molecular formula is C11H11F2NO3. The molecule has 2 atom stereocenters. The van der Waals surface area contributed by atoms with Gasteiger partial charge in [-0.15, -0.1) is 0 Å². The van der Waals surface area contributed by atoms with E-state index in [9.17, 15) is 18.7 Å². The molecule has 92 valence electrons. The predicted molar refractivity (Wildman–Crippen MR) is 54.5 cm³/mol. The van der Waals surface area contributed by atoms with E-state index >= 15 is 0 Å². The average Bonchev–Trinajstić information content (AvgIpc) is 2.75. The van der Waals surface area contributed by atoms with E-state index in [1.807, 2.05) is 0 Å². The highest BCUT2D eigenvalue weighted by atomic mass is 19.2. The van der Waals surface area contributed by atoms with Crippen molar-refractivity contribution in [3.63, 3.8) is 0 Å². The Balaban J connectivity index is 2.25. The van der Waals surface area contributed by atoms with E-state index in [1.54, 1.807) is 0 Å². The summed E-state index contributed by atoms with van der Waals surface area (Å²) in [5, 5.41) is 21.1. The van der Waals surface area contributed by atoms with E-state index in [-0.39, 0.29) is 18.5 Å². The van der Waals surface area contributed by atoms with Crippen molar-refractivity contribution in [1.82, 2.24) is 5.32 Å². The van der Waals surface area contributed by atoms with Crippen molar-refractivity contribution < 1.29 is 23.8 Å². The number of carbonyl (C=O) groups is 1. The summed E-state index contributed by atoms with van der Waals surface area (Å²) < 4.78 is 25.9. The Hall–Kier alpha value is -1.69. The summed E-state index contributed by atoms with van der Waals surface area (Å²) in [5.41, 5.74) is 0.188. The molecule has 1 aromatic rings. The predicted octanol–water partition coefficient (Wildman–Crippen LogP) is 1.41. The standard InChI is InChI=1S/C11H11F2NO3/c12-7-2-1-6(10(15)9(7)13)8-3-5(4-14-8)11(16)17/h1-2,5,8,14-15H,3-4H2,(H,16,17). The highest BCUT2D eigenvalue weighted by Gasteiger charge is 2.32. The number of phenols is 1. The number of rotatable bonds is 2. The van der Waals surface area contributed by atoms with Gasteiger partial charge >= 0.3 is 5.97 Å². The van der Waals surface area contributed by atoms with Gasteiger partial charge in [-0.25, -0.2) is 4.39 Å². The molecule has 2 rings (SSSR count). The maximum atomic E-state index is 13.1. The lowest BCUT2D eigenvalue weighted by Gasteiger charge is -2.13. The molecule has 0 spiro atoms. The van der Waals surface area contributed by atoms with Crippen LogP contribution in [0.25, 0.3) is 0 Å². The Morgan fingerprint density at radius 1 is 1.41 bits per heavy atom. The molecule has 0 aromatic heterocycles. The van der Waals surface area contributed by atoms with Gasteiger partial charge in [0.2, 0.25) is 5.82 Å². The zero-order valence-corrected chi connectivity index (χ0v) is 8.78. The summed E-state index contributed by atoms with van der Waals surface area (Å²) in [4.78, 5) is 10.7.